The van der Waals surface area contributed by atoms with E-state index in [-0.39, 0.29) is 5.41 Å². The number of hydrogen-bond acceptors (Lipinski definition) is 4. The molecule has 2 N–H and O–H groups in total. The Labute approximate surface area is 174 Å². The summed E-state index contributed by atoms with van der Waals surface area (Å²) in [6, 6.07) is 19.2. The van der Waals surface area contributed by atoms with Gasteiger partial charge in [-0.1, -0.05) is 74.0 Å². The maximum absolute atomic E-state index is 6.09. The van der Waals surface area contributed by atoms with Crippen LogP contribution < -0.4 is 5.73 Å². The Balaban J connectivity index is 2.00. The van der Waals surface area contributed by atoms with Crippen molar-refractivity contribution in [2.24, 2.45) is 15.8 Å². The Morgan fingerprint density at radius 2 is 1.76 bits per heavy atom. The van der Waals surface area contributed by atoms with Crippen molar-refractivity contribution in [1.29, 1.82) is 0 Å². The smallest absolute Gasteiger partial charge is 0.135 e. The van der Waals surface area contributed by atoms with Gasteiger partial charge in [-0.2, -0.15) is 5.10 Å². The van der Waals surface area contributed by atoms with E-state index in [1.807, 2.05) is 5.01 Å². The summed E-state index contributed by atoms with van der Waals surface area (Å²) in [6.07, 6.45) is 0. The quantitative estimate of drug-likeness (QED) is 0.579. The van der Waals surface area contributed by atoms with Gasteiger partial charge < -0.3 is 5.73 Å². The Morgan fingerprint density at radius 1 is 1.10 bits per heavy atom. The predicted molar refractivity (Wildman–Crippen MR) is 122 cm³/mol. The third kappa shape index (κ3) is 4.57. The van der Waals surface area contributed by atoms with Gasteiger partial charge in [-0.15, -0.1) is 0 Å². The first-order valence-corrected chi connectivity index (χ1v) is 10.5. The zero-order valence-electron chi connectivity index (χ0n) is 18.1. The molecule has 3 rings (SSSR count). The number of nitrogens with two attached hydrogens (primary N) is 1. The van der Waals surface area contributed by atoms with Crippen LogP contribution in [0.5, 0.6) is 0 Å². The molecule has 5 nitrogen and oxygen atoms in total. The Hall–Kier alpha value is -2.50. The van der Waals surface area contributed by atoms with Gasteiger partial charge in [0.1, 0.15) is 5.84 Å². The van der Waals surface area contributed by atoms with Crippen molar-refractivity contribution < 1.29 is 0 Å². The van der Waals surface area contributed by atoms with Gasteiger partial charge in [0.25, 0.3) is 0 Å². The van der Waals surface area contributed by atoms with Gasteiger partial charge in [-0.05, 0) is 38.1 Å². The Kier molecular flexibility index (Phi) is 6.83. The van der Waals surface area contributed by atoms with E-state index in [1.54, 1.807) is 0 Å². The highest BCUT2D eigenvalue weighted by Crippen LogP contribution is 2.35. The summed E-state index contributed by atoms with van der Waals surface area (Å²) in [5.41, 5.74) is 10.6. The van der Waals surface area contributed by atoms with Crippen LogP contribution in [0, 0.1) is 6.92 Å². The molecule has 2 aromatic carbocycles. The molecule has 0 saturated carbocycles. The molecule has 1 heterocycles. The molecule has 0 aromatic heterocycles. The third-order valence-corrected chi connectivity index (χ3v) is 5.77. The van der Waals surface area contributed by atoms with Gasteiger partial charge in [-0.25, -0.2) is 5.01 Å². The lowest BCUT2D eigenvalue weighted by atomic mass is 9.76. The van der Waals surface area contributed by atoms with E-state index >= 15 is 0 Å². The van der Waals surface area contributed by atoms with Gasteiger partial charge in [-0.3, -0.25) is 9.89 Å². The molecule has 1 aliphatic rings. The van der Waals surface area contributed by atoms with Gasteiger partial charge in [0.15, 0.2) is 0 Å². The summed E-state index contributed by atoms with van der Waals surface area (Å²) in [5, 5.41) is 7.04. The number of hydrogen-bond donors (Lipinski definition) is 1. The summed E-state index contributed by atoms with van der Waals surface area (Å²) in [4.78, 5) is 7.07. The first-order valence-electron chi connectivity index (χ1n) is 10.5. The molecule has 0 radical (unpaired) electrons. The number of aliphatic imine (C=N–C) groups is 1. The lowest BCUT2D eigenvalue weighted by Crippen LogP contribution is -2.40. The normalized spacial score (nSPS) is 19.7. The minimum Gasteiger partial charge on any atom is -0.324 e. The van der Waals surface area contributed by atoms with E-state index in [4.69, 9.17) is 15.8 Å². The molecule has 0 aliphatic carbocycles. The van der Waals surface area contributed by atoms with E-state index in [2.05, 4.69) is 87.2 Å². The van der Waals surface area contributed by atoms with E-state index < -0.39 is 0 Å². The standard InChI is InChI=1S/C24H33N5/c1-5-28(6-2)18-26-22(16-25)29-17-24(4,21-10-8-7-9-11-21)23(27-29)20-14-12-19(3)13-15-20/h7-15H,5-6,16-18,25H2,1-4H3/b26-22+. The zero-order chi connectivity index (χ0) is 20.9. The topological polar surface area (TPSA) is 57.2 Å². The summed E-state index contributed by atoms with van der Waals surface area (Å²) < 4.78 is 0. The second kappa shape index (κ2) is 9.33. The summed E-state index contributed by atoms with van der Waals surface area (Å²) in [5.74, 6) is 0.834. The highest BCUT2D eigenvalue weighted by molar-refractivity contribution is 6.10. The zero-order valence-corrected chi connectivity index (χ0v) is 18.1. The molecular formula is C24H33N5. The molecular weight excluding hydrogens is 358 g/mol. The molecule has 0 amide bonds. The van der Waals surface area contributed by atoms with Crippen molar-refractivity contribution >= 4 is 11.5 Å². The predicted octanol–water partition coefficient (Wildman–Crippen LogP) is 3.63. The van der Waals surface area contributed by atoms with Gasteiger partial charge in [0.05, 0.1) is 30.9 Å². The SMILES string of the molecule is CCN(CC)C/N=C(\CN)N1CC(C)(c2ccccc2)C(c2ccc(C)cc2)=N1. The molecule has 29 heavy (non-hydrogen) atoms. The van der Waals surface area contributed by atoms with Crippen LogP contribution in [0.15, 0.2) is 64.7 Å². The van der Waals surface area contributed by atoms with Crippen molar-refractivity contribution in [2.45, 2.75) is 33.1 Å². The van der Waals surface area contributed by atoms with Crippen LogP contribution >= 0.6 is 0 Å². The first kappa shape index (κ1) is 21.2. The number of nitrogens with zero attached hydrogens (tertiary/aromatic N) is 4. The minimum atomic E-state index is -0.234. The molecule has 0 spiro atoms. The van der Waals surface area contributed by atoms with Crippen LogP contribution in [0.2, 0.25) is 0 Å². The maximum Gasteiger partial charge on any atom is 0.135 e. The second-order valence-electron chi connectivity index (χ2n) is 7.79. The lowest BCUT2D eigenvalue weighted by Gasteiger charge is -2.28. The third-order valence-electron chi connectivity index (χ3n) is 5.77. The number of rotatable bonds is 7. The number of amidine groups is 1. The molecule has 0 saturated heterocycles. The fourth-order valence-electron chi connectivity index (χ4n) is 3.77. The number of hydrazone groups is 1. The highest BCUT2D eigenvalue weighted by Gasteiger charge is 2.41. The summed E-state index contributed by atoms with van der Waals surface area (Å²) in [6.45, 7) is 12.4. The van der Waals surface area contributed by atoms with Crippen LogP contribution in [-0.4, -0.2) is 54.3 Å². The van der Waals surface area contributed by atoms with Crippen LogP contribution in [0.25, 0.3) is 0 Å². The average Bonchev–Trinajstić information content (AvgIpc) is 3.11. The lowest BCUT2D eigenvalue weighted by molar-refractivity contribution is 0.311. The van der Waals surface area contributed by atoms with Gasteiger partial charge in [0, 0.05) is 0 Å². The summed E-state index contributed by atoms with van der Waals surface area (Å²) in [7, 11) is 0. The van der Waals surface area contributed by atoms with Crippen molar-refractivity contribution in [3.05, 3.63) is 71.3 Å². The van der Waals surface area contributed by atoms with E-state index in [0.29, 0.717) is 13.2 Å². The van der Waals surface area contributed by atoms with E-state index in [1.165, 1.54) is 11.1 Å². The number of benzene rings is 2. The number of aryl methyl sites for hydroxylation is 1. The van der Waals surface area contributed by atoms with Crippen LogP contribution in [-0.2, 0) is 5.41 Å². The molecule has 154 valence electrons. The Morgan fingerprint density at radius 3 is 2.34 bits per heavy atom. The first-order chi connectivity index (χ1) is 14.0. The molecule has 1 unspecified atom stereocenters. The van der Waals surface area contributed by atoms with Crippen molar-refractivity contribution in [1.82, 2.24) is 9.91 Å². The van der Waals surface area contributed by atoms with Crippen molar-refractivity contribution in [2.75, 3.05) is 32.8 Å². The van der Waals surface area contributed by atoms with Crippen molar-refractivity contribution in [3.63, 3.8) is 0 Å². The fraction of sp³-hybridized carbons (Fsp3) is 0.417. The van der Waals surface area contributed by atoms with Crippen LogP contribution in [0.1, 0.15) is 37.5 Å². The minimum absolute atomic E-state index is 0.234. The van der Waals surface area contributed by atoms with Gasteiger partial charge >= 0.3 is 0 Å². The Bertz CT molecular complexity index is 853. The highest BCUT2D eigenvalue weighted by atomic mass is 15.5. The maximum atomic E-state index is 6.09. The largest absolute Gasteiger partial charge is 0.324 e. The molecule has 0 fully saturated rings. The van der Waals surface area contributed by atoms with E-state index in [0.717, 1.165) is 36.7 Å². The van der Waals surface area contributed by atoms with Gasteiger partial charge in [0.2, 0.25) is 0 Å². The average molecular weight is 392 g/mol. The molecule has 0 bridgehead atoms. The monoisotopic (exact) mass is 391 g/mol. The fourth-order valence-corrected chi connectivity index (χ4v) is 3.77. The summed E-state index contributed by atoms with van der Waals surface area (Å²) >= 11 is 0. The second-order valence-corrected chi connectivity index (χ2v) is 7.79. The van der Waals surface area contributed by atoms with Crippen molar-refractivity contribution in [3.8, 4) is 0 Å². The molecule has 1 aliphatic heterocycles. The van der Waals surface area contributed by atoms with Crippen LogP contribution in [0.4, 0.5) is 0 Å². The molecule has 1 atom stereocenters. The molecule has 5 heteroatoms. The van der Waals surface area contributed by atoms with Crippen LogP contribution in [0.3, 0.4) is 0 Å². The van der Waals surface area contributed by atoms with E-state index in [9.17, 15) is 0 Å². The molecule has 2 aromatic rings.